The lowest BCUT2D eigenvalue weighted by atomic mass is 10.0. The number of ether oxygens (including phenoxy) is 2. The van der Waals surface area contributed by atoms with Gasteiger partial charge in [-0.15, -0.1) is 0 Å². The van der Waals surface area contributed by atoms with E-state index in [-0.39, 0.29) is 11.7 Å². The number of H-pyrrole nitrogens is 1. The van der Waals surface area contributed by atoms with Gasteiger partial charge in [0.25, 0.3) is 5.91 Å². The van der Waals surface area contributed by atoms with Crippen molar-refractivity contribution in [1.82, 2.24) is 20.5 Å². The number of pyridine rings is 1. The lowest BCUT2D eigenvalue weighted by Gasteiger charge is -2.10. The molecule has 170 valence electrons. The summed E-state index contributed by atoms with van der Waals surface area (Å²) in [7, 11) is 1.62. The summed E-state index contributed by atoms with van der Waals surface area (Å²) in [5.41, 5.74) is 3.61. The van der Waals surface area contributed by atoms with Crippen LogP contribution in [0, 0.1) is 5.82 Å². The number of aromatic nitrogens is 3. The molecule has 0 bridgehead atoms. The van der Waals surface area contributed by atoms with Gasteiger partial charge in [0.15, 0.2) is 5.65 Å². The van der Waals surface area contributed by atoms with Crippen LogP contribution < -0.4 is 10.1 Å². The fraction of sp³-hybridized carbons (Fsp3) is 0.240. The summed E-state index contributed by atoms with van der Waals surface area (Å²) in [6.07, 6.45) is 0.693. The van der Waals surface area contributed by atoms with Crippen molar-refractivity contribution in [3.8, 4) is 28.3 Å². The lowest BCUT2D eigenvalue weighted by Crippen LogP contribution is -2.25. The van der Waals surface area contributed by atoms with Crippen molar-refractivity contribution < 1.29 is 18.7 Å². The Morgan fingerprint density at radius 2 is 1.82 bits per heavy atom. The Hall–Kier alpha value is -3.78. The van der Waals surface area contributed by atoms with E-state index in [4.69, 9.17) is 9.47 Å². The maximum absolute atomic E-state index is 13.4. The maximum Gasteiger partial charge on any atom is 0.252 e. The molecule has 1 amide bonds. The quantitative estimate of drug-likeness (QED) is 0.366. The van der Waals surface area contributed by atoms with Gasteiger partial charge in [-0.2, -0.15) is 5.10 Å². The number of carbonyl (C=O) groups is 1. The molecule has 2 aromatic heterocycles. The standard InChI is InChI=1S/C25H25FN4O3/c1-3-33-19-11-7-16(8-12-19)21-15-20(25(31)27-13-4-14-32-2)22-23(29-30-24(22)28-21)17-5-9-18(26)10-6-17/h5-12,15H,3-4,13-14H2,1-2H3,(H,27,31)(H,28,29,30). The van der Waals surface area contributed by atoms with Crippen molar-refractivity contribution in [3.63, 3.8) is 0 Å². The second-order valence-electron chi connectivity index (χ2n) is 7.42. The van der Waals surface area contributed by atoms with Crippen molar-refractivity contribution in [2.24, 2.45) is 0 Å². The predicted octanol–water partition coefficient (Wildman–Crippen LogP) is 4.60. The van der Waals surface area contributed by atoms with E-state index < -0.39 is 0 Å². The van der Waals surface area contributed by atoms with Crippen molar-refractivity contribution in [1.29, 1.82) is 0 Å². The summed E-state index contributed by atoms with van der Waals surface area (Å²) in [6.45, 7) is 3.53. The molecule has 0 spiro atoms. The average molecular weight is 448 g/mol. The normalized spacial score (nSPS) is 11.0. The fourth-order valence-electron chi connectivity index (χ4n) is 3.58. The molecule has 0 saturated carbocycles. The number of hydrogen-bond donors (Lipinski definition) is 2. The third kappa shape index (κ3) is 5.01. The summed E-state index contributed by atoms with van der Waals surface area (Å²) in [6, 6.07) is 15.3. The van der Waals surface area contributed by atoms with Gasteiger partial charge in [-0.25, -0.2) is 9.37 Å². The zero-order valence-corrected chi connectivity index (χ0v) is 18.5. The van der Waals surface area contributed by atoms with Gasteiger partial charge in [0.2, 0.25) is 0 Å². The second-order valence-corrected chi connectivity index (χ2v) is 7.42. The molecule has 4 rings (SSSR count). The lowest BCUT2D eigenvalue weighted by molar-refractivity contribution is 0.0950. The number of halogens is 1. The van der Waals surface area contributed by atoms with Crippen molar-refractivity contribution in [2.45, 2.75) is 13.3 Å². The molecule has 0 unspecified atom stereocenters. The van der Waals surface area contributed by atoms with Crippen LogP contribution >= 0.6 is 0 Å². The van der Waals surface area contributed by atoms with Crippen LogP contribution in [0.4, 0.5) is 4.39 Å². The minimum Gasteiger partial charge on any atom is -0.494 e. The van der Waals surface area contributed by atoms with E-state index in [1.54, 1.807) is 25.3 Å². The Morgan fingerprint density at radius 1 is 1.09 bits per heavy atom. The number of fused-ring (bicyclic) bond motifs is 1. The Morgan fingerprint density at radius 3 is 2.52 bits per heavy atom. The number of methoxy groups -OCH3 is 1. The molecule has 0 radical (unpaired) electrons. The first-order valence-electron chi connectivity index (χ1n) is 10.8. The topological polar surface area (TPSA) is 89.1 Å². The van der Waals surface area contributed by atoms with Gasteiger partial charge in [0.05, 0.1) is 28.9 Å². The maximum atomic E-state index is 13.4. The van der Waals surface area contributed by atoms with E-state index in [0.29, 0.717) is 59.7 Å². The van der Waals surface area contributed by atoms with Crippen LogP contribution in [-0.4, -0.2) is 48.0 Å². The SMILES string of the molecule is CCOc1ccc(-c2cc(C(=O)NCCCOC)c3c(-c4ccc(F)cc4)[nH]nc3n2)cc1. The van der Waals surface area contributed by atoms with Gasteiger partial charge >= 0.3 is 0 Å². The monoisotopic (exact) mass is 448 g/mol. The fourth-order valence-corrected chi connectivity index (χ4v) is 3.58. The molecule has 0 saturated heterocycles. The van der Waals surface area contributed by atoms with Crippen LogP contribution in [0.2, 0.25) is 0 Å². The van der Waals surface area contributed by atoms with E-state index in [9.17, 15) is 9.18 Å². The van der Waals surface area contributed by atoms with Gasteiger partial charge in [0, 0.05) is 31.4 Å². The summed E-state index contributed by atoms with van der Waals surface area (Å²) < 4.78 is 24.0. The zero-order chi connectivity index (χ0) is 23.2. The molecular weight excluding hydrogens is 423 g/mol. The first kappa shape index (κ1) is 22.4. The molecular formula is C25H25FN4O3. The van der Waals surface area contributed by atoms with E-state index >= 15 is 0 Å². The number of nitrogens with one attached hydrogen (secondary N) is 2. The third-order valence-corrected chi connectivity index (χ3v) is 5.17. The Kier molecular flexibility index (Phi) is 6.95. The molecule has 7 nitrogen and oxygen atoms in total. The molecule has 0 fully saturated rings. The Balaban J connectivity index is 1.78. The summed E-state index contributed by atoms with van der Waals surface area (Å²) >= 11 is 0. The largest absolute Gasteiger partial charge is 0.494 e. The van der Waals surface area contributed by atoms with E-state index in [1.165, 1.54) is 12.1 Å². The van der Waals surface area contributed by atoms with Crippen LogP contribution in [0.15, 0.2) is 54.6 Å². The molecule has 4 aromatic rings. The number of nitrogens with zero attached hydrogens (tertiary/aromatic N) is 2. The Labute approximate surface area is 191 Å². The molecule has 8 heteroatoms. The van der Waals surface area contributed by atoms with Gasteiger partial charge in [0.1, 0.15) is 11.6 Å². The Bertz CT molecular complexity index is 1240. The highest BCUT2D eigenvalue weighted by molar-refractivity contribution is 6.10. The molecule has 0 aliphatic carbocycles. The van der Waals surface area contributed by atoms with Gasteiger partial charge in [-0.1, -0.05) is 0 Å². The highest BCUT2D eigenvalue weighted by atomic mass is 19.1. The number of amides is 1. The summed E-state index contributed by atoms with van der Waals surface area (Å²) in [4.78, 5) is 17.9. The minimum atomic E-state index is -0.338. The second kappa shape index (κ2) is 10.2. The highest BCUT2D eigenvalue weighted by Gasteiger charge is 2.20. The molecule has 0 aliphatic heterocycles. The van der Waals surface area contributed by atoms with Crippen LogP contribution in [-0.2, 0) is 4.74 Å². The van der Waals surface area contributed by atoms with E-state index in [2.05, 4.69) is 20.5 Å². The smallest absolute Gasteiger partial charge is 0.252 e. The van der Waals surface area contributed by atoms with E-state index in [0.717, 1.165) is 11.3 Å². The molecule has 0 aliphatic rings. The number of rotatable bonds is 9. The average Bonchev–Trinajstić information content (AvgIpc) is 3.26. The summed E-state index contributed by atoms with van der Waals surface area (Å²) in [5, 5.41) is 10.8. The molecule has 2 N–H and O–H groups in total. The van der Waals surface area contributed by atoms with Crippen LogP contribution in [0.1, 0.15) is 23.7 Å². The van der Waals surface area contributed by atoms with Gasteiger partial charge in [-0.3, -0.25) is 9.89 Å². The van der Waals surface area contributed by atoms with Gasteiger partial charge in [-0.05, 0) is 67.9 Å². The van der Waals surface area contributed by atoms with Crippen molar-refractivity contribution >= 4 is 16.9 Å². The molecule has 2 aromatic carbocycles. The predicted molar refractivity (Wildman–Crippen MR) is 125 cm³/mol. The van der Waals surface area contributed by atoms with Crippen LogP contribution in [0.3, 0.4) is 0 Å². The third-order valence-electron chi connectivity index (χ3n) is 5.17. The van der Waals surface area contributed by atoms with Crippen molar-refractivity contribution in [2.75, 3.05) is 26.9 Å². The van der Waals surface area contributed by atoms with Crippen LogP contribution in [0.5, 0.6) is 5.75 Å². The molecule has 0 atom stereocenters. The number of hydrogen-bond acceptors (Lipinski definition) is 5. The first-order chi connectivity index (χ1) is 16.1. The number of aromatic amines is 1. The number of carbonyl (C=O) groups excluding carboxylic acids is 1. The minimum absolute atomic E-state index is 0.240. The summed E-state index contributed by atoms with van der Waals surface area (Å²) in [5.74, 6) is 0.182. The van der Waals surface area contributed by atoms with Crippen molar-refractivity contribution in [3.05, 3.63) is 66.0 Å². The zero-order valence-electron chi connectivity index (χ0n) is 18.5. The first-order valence-corrected chi connectivity index (χ1v) is 10.8. The molecule has 33 heavy (non-hydrogen) atoms. The van der Waals surface area contributed by atoms with Crippen LogP contribution in [0.25, 0.3) is 33.5 Å². The number of benzene rings is 2. The highest BCUT2D eigenvalue weighted by Crippen LogP contribution is 2.32. The molecule has 2 heterocycles. The van der Waals surface area contributed by atoms with Gasteiger partial charge < -0.3 is 14.8 Å². The van der Waals surface area contributed by atoms with E-state index in [1.807, 2.05) is 31.2 Å².